The summed E-state index contributed by atoms with van der Waals surface area (Å²) < 4.78 is 58.9. The van der Waals surface area contributed by atoms with Crippen LogP contribution in [0.4, 0.5) is 13.2 Å². The topological polar surface area (TPSA) is 107 Å². The van der Waals surface area contributed by atoms with E-state index in [0.29, 0.717) is 54.3 Å². The fourth-order valence-corrected chi connectivity index (χ4v) is 4.00. The van der Waals surface area contributed by atoms with Gasteiger partial charge in [-0.3, -0.25) is 4.57 Å². The highest BCUT2D eigenvalue weighted by Crippen LogP contribution is 2.40. The van der Waals surface area contributed by atoms with E-state index in [4.69, 9.17) is 13.9 Å². The van der Waals surface area contributed by atoms with Crippen LogP contribution < -0.4 is 16.1 Å². The average Bonchev–Trinajstić information content (AvgIpc) is 3.02. The molecule has 3 rings (SSSR count). The molecule has 0 radical (unpaired) electrons. The SMILES string of the molecule is CCCc1cc2c(C(F)(F)F)cc(=O)oc2c(CCC)c1OCCOCCn1c(O)c(C)[nH]c1=O. The number of benzene rings is 1. The molecule has 0 saturated carbocycles. The lowest BCUT2D eigenvalue weighted by Crippen LogP contribution is -2.20. The van der Waals surface area contributed by atoms with E-state index in [0.717, 1.165) is 4.57 Å². The predicted molar refractivity (Wildman–Crippen MR) is 123 cm³/mol. The summed E-state index contributed by atoms with van der Waals surface area (Å²) in [5.74, 6) is 0.251. The third-order valence-electron chi connectivity index (χ3n) is 5.55. The molecule has 0 unspecified atom stereocenters. The lowest BCUT2D eigenvalue weighted by atomic mass is 9.96. The van der Waals surface area contributed by atoms with Gasteiger partial charge in [-0.05, 0) is 31.4 Å². The van der Waals surface area contributed by atoms with Crippen LogP contribution >= 0.6 is 0 Å². The largest absolute Gasteiger partial charge is 0.493 e. The Kier molecular flexibility index (Phi) is 8.31. The number of aromatic nitrogens is 2. The van der Waals surface area contributed by atoms with E-state index in [1.54, 1.807) is 6.92 Å². The van der Waals surface area contributed by atoms with Gasteiger partial charge in [0, 0.05) is 17.0 Å². The summed E-state index contributed by atoms with van der Waals surface area (Å²) in [6, 6.07) is 1.88. The van der Waals surface area contributed by atoms with E-state index in [9.17, 15) is 27.9 Å². The number of ether oxygens (including phenoxy) is 2. The number of halogens is 3. The van der Waals surface area contributed by atoms with Crippen LogP contribution in [0.2, 0.25) is 0 Å². The number of aromatic amines is 1. The first kappa shape index (κ1) is 26.4. The van der Waals surface area contributed by atoms with Gasteiger partial charge in [0.05, 0.1) is 31.0 Å². The highest BCUT2D eigenvalue weighted by atomic mass is 19.4. The first-order valence-corrected chi connectivity index (χ1v) is 11.5. The zero-order valence-corrected chi connectivity index (χ0v) is 19.9. The number of imidazole rings is 1. The van der Waals surface area contributed by atoms with Gasteiger partial charge in [-0.25, -0.2) is 9.59 Å². The molecule has 3 aromatic rings. The maximum absolute atomic E-state index is 13.7. The predicted octanol–water partition coefficient (Wildman–Crippen LogP) is 4.32. The van der Waals surface area contributed by atoms with Crippen LogP contribution in [0.1, 0.15) is 49.1 Å². The van der Waals surface area contributed by atoms with Crippen LogP contribution in [0, 0.1) is 6.92 Å². The summed E-state index contributed by atoms with van der Waals surface area (Å²) >= 11 is 0. The van der Waals surface area contributed by atoms with Crippen LogP contribution in [-0.4, -0.2) is 34.5 Å². The zero-order valence-electron chi connectivity index (χ0n) is 19.9. The Labute approximate surface area is 199 Å². The Morgan fingerprint density at radius 1 is 1.09 bits per heavy atom. The Morgan fingerprint density at radius 2 is 1.80 bits per heavy atom. The van der Waals surface area contributed by atoms with Crippen molar-refractivity contribution in [3.63, 3.8) is 0 Å². The van der Waals surface area contributed by atoms with Crippen molar-refractivity contribution in [3.8, 4) is 11.6 Å². The van der Waals surface area contributed by atoms with Crippen molar-refractivity contribution in [1.82, 2.24) is 9.55 Å². The molecule has 0 atom stereocenters. The van der Waals surface area contributed by atoms with Crippen LogP contribution in [0.15, 0.2) is 26.1 Å². The molecule has 8 nitrogen and oxygen atoms in total. The number of aryl methyl sites for hydroxylation is 3. The molecule has 0 saturated heterocycles. The van der Waals surface area contributed by atoms with Gasteiger partial charge in [-0.1, -0.05) is 26.7 Å². The number of H-pyrrole nitrogens is 1. The molecule has 0 bridgehead atoms. The highest BCUT2D eigenvalue weighted by Gasteiger charge is 2.35. The molecule has 2 aromatic heterocycles. The maximum atomic E-state index is 13.7. The van der Waals surface area contributed by atoms with Gasteiger partial charge >= 0.3 is 17.5 Å². The van der Waals surface area contributed by atoms with Gasteiger partial charge in [0.2, 0.25) is 5.88 Å². The lowest BCUT2D eigenvalue weighted by molar-refractivity contribution is -0.136. The lowest BCUT2D eigenvalue weighted by Gasteiger charge is -2.19. The van der Waals surface area contributed by atoms with E-state index in [1.165, 1.54) is 6.07 Å². The summed E-state index contributed by atoms with van der Waals surface area (Å²) in [6.45, 7) is 5.87. The van der Waals surface area contributed by atoms with Crippen molar-refractivity contribution < 1.29 is 32.2 Å². The molecule has 1 aromatic carbocycles. The van der Waals surface area contributed by atoms with Gasteiger partial charge in [-0.2, -0.15) is 13.2 Å². The average molecular weight is 498 g/mol. The number of rotatable bonds is 11. The molecule has 0 fully saturated rings. The van der Waals surface area contributed by atoms with Crippen molar-refractivity contribution in [3.05, 3.63) is 55.4 Å². The van der Waals surface area contributed by atoms with Gasteiger partial charge in [0.15, 0.2) is 0 Å². The van der Waals surface area contributed by atoms with Crippen LogP contribution in [-0.2, 0) is 30.3 Å². The monoisotopic (exact) mass is 498 g/mol. The van der Waals surface area contributed by atoms with E-state index >= 15 is 0 Å². The van der Waals surface area contributed by atoms with E-state index in [-0.39, 0.29) is 43.2 Å². The minimum absolute atomic E-state index is 0.0924. The summed E-state index contributed by atoms with van der Waals surface area (Å²) in [5, 5.41) is 9.70. The maximum Gasteiger partial charge on any atom is 0.417 e. The van der Waals surface area contributed by atoms with E-state index in [2.05, 4.69) is 4.98 Å². The molecule has 35 heavy (non-hydrogen) atoms. The van der Waals surface area contributed by atoms with Crippen molar-refractivity contribution >= 4 is 11.0 Å². The third-order valence-corrected chi connectivity index (χ3v) is 5.55. The second-order valence-electron chi connectivity index (χ2n) is 8.19. The smallest absolute Gasteiger partial charge is 0.417 e. The van der Waals surface area contributed by atoms with Crippen LogP contribution in [0.25, 0.3) is 11.0 Å². The molecule has 11 heteroatoms. The summed E-state index contributed by atoms with van der Waals surface area (Å²) in [7, 11) is 0. The molecule has 192 valence electrons. The number of fused-ring (bicyclic) bond motifs is 1. The molecule has 2 heterocycles. The highest BCUT2D eigenvalue weighted by molar-refractivity contribution is 5.87. The molecule has 0 aliphatic heterocycles. The minimum Gasteiger partial charge on any atom is -0.493 e. The molecule has 0 aliphatic rings. The third kappa shape index (κ3) is 5.90. The molecule has 0 spiro atoms. The number of nitrogens with one attached hydrogen (secondary N) is 1. The number of nitrogens with zero attached hydrogens (tertiary/aromatic N) is 1. The number of hydrogen-bond donors (Lipinski definition) is 2. The first-order valence-electron chi connectivity index (χ1n) is 11.5. The molecule has 0 amide bonds. The Morgan fingerprint density at radius 3 is 2.40 bits per heavy atom. The minimum atomic E-state index is -4.70. The van der Waals surface area contributed by atoms with Gasteiger partial charge in [-0.15, -0.1) is 0 Å². The van der Waals surface area contributed by atoms with Gasteiger partial charge in [0.25, 0.3) is 0 Å². The standard InChI is InChI=1S/C24H29F3N2O6/c1-4-6-15-12-17-18(24(25,26)27)13-19(30)35-21(17)16(7-5-2)20(15)34-11-10-33-9-8-29-22(31)14(3)28-23(29)32/h12-13,31H,4-11H2,1-3H3,(H,28,32). The van der Waals surface area contributed by atoms with Crippen molar-refractivity contribution in [2.75, 3.05) is 19.8 Å². The van der Waals surface area contributed by atoms with Crippen LogP contribution in [0.5, 0.6) is 11.6 Å². The zero-order chi connectivity index (χ0) is 25.8. The van der Waals surface area contributed by atoms with Crippen molar-refractivity contribution in [2.45, 2.75) is 59.2 Å². The Hall–Kier alpha value is -3.21. The summed E-state index contributed by atoms with van der Waals surface area (Å²) in [5.41, 5.74) is -1.26. The second kappa shape index (κ2) is 11.0. The first-order chi connectivity index (χ1) is 16.6. The molecule has 2 N–H and O–H groups in total. The molecule has 0 aliphatic carbocycles. The van der Waals surface area contributed by atoms with Gasteiger partial charge in [0.1, 0.15) is 17.9 Å². The number of alkyl halides is 3. The Bertz CT molecular complexity index is 1290. The normalized spacial score (nSPS) is 11.9. The van der Waals surface area contributed by atoms with E-state index < -0.39 is 23.1 Å². The fourth-order valence-electron chi connectivity index (χ4n) is 4.00. The quantitative estimate of drug-likeness (QED) is 0.301. The second-order valence-corrected chi connectivity index (χ2v) is 8.19. The van der Waals surface area contributed by atoms with Crippen LogP contribution in [0.3, 0.4) is 0 Å². The summed E-state index contributed by atoms with van der Waals surface area (Å²) in [6.07, 6.45) is -2.58. The summed E-state index contributed by atoms with van der Waals surface area (Å²) in [4.78, 5) is 26.2. The number of aromatic hydroxyl groups is 1. The molecular formula is C24H29F3N2O6. The van der Waals surface area contributed by atoms with E-state index in [1.807, 2.05) is 13.8 Å². The molecular weight excluding hydrogens is 469 g/mol. The fraction of sp³-hybridized carbons (Fsp3) is 0.500. The van der Waals surface area contributed by atoms with Crippen molar-refractivity contribution in [2.24, 2.45) is 0 Å². The Balaban J connectivity index is 1.83. The van der Waals surface area contributed by atoms with Crippen molar-refractivity contribution in [1.29, 1.82) is 0 Å². The number of hydrogen-bond acceptors (Lipinski definition) is 6. The van der Waals surface area contributed by atoms with Gasteiger partial charge < -0.3 is 24.0 Å².